The molecule has 0 atom stereocenters. The lowest BCUT2D eigenvalue weighted by Gasteiger charge is -1.95. The Labute approximate surface area is 81.4 Å². The van der Waals surface area contributed by atoms with Gasteiger partial charge in [0.25, 0.3) is 0 Å². The number of thioether (sulfide) groups is 1. The van der Waals surface area contributed by atoms with Gasteiger partial charge in [0.2, 0.25) is 0 Å². The normalized spacial score (nSPS) is 10.2. The third kappa shape index (κ3) is 3.61. The van der Waals surface area contributed by atoms with Crippen molar-refractivity contribution in [2.75, 3.05) is 12.3 Å². The smallest absolute Gasteiger partial charge is 0.127 e. The predicted molar refractivity (Wildman–Crippen MR) is 52.8 cm³/mol. The van der Waals surface area contributed by atoms with Crippen LogP contribution in [0.4, 0.5) is 0 Å². The van der Waals surface area contributed by atoms with Gasteiger partial charge in [-0.25, -0.2) is 5.53 Å². The molecule has 0 aliphatic carbocycles. The molecule has 0 saturated heterocycles. The first-order valence-corrected chi connectivity index (χ1v) is 5.21. The molecular weight excluding hydrogens is 186 g/mol. The van der Waals surface area contributed by atoms with E-state index in [1.807, 2.05) is 12.1 Å². The Morgan fingerprint density at radius 1 is 1.46 bits per heavy atom. The van der Waals surface area contributed by atoms with E-state index < -0.39 is 0 Å². The lowest BCUT2D eigenvalue weighted by Crippen LogP contribution is -2.01. The maximum atomic E-state index is 6.66. The molecule has 0 aliphatic rings. The zero-order chi connectivity index (χ0) is 9.52. The van der Waals surface area contributed by atoms with Gasteiger partial charge in [-0.05, 0) is 12.1 Å². The molecule has 0 unspecified atom stereocenters. The minimum Gasteiger partial charge on any atom is -0.463 e. The summed E-state index contributed by atoms with van der Waals surface area (Å²) in [7, 11) is 0. The highest BCUT2D eigenvalue weighted by atomic mass is 32.2. The van der Waals surface area contributed by atoms with E-state index in [2.05, 4.69) is 5.11 Å². The van der Waals surface area contributed by atoms with E-state index in [9.17, 15) is 0 Å². The van der Waals surface area contributed by atoms with E-state index in [1.165, 1.54) is 0 Å². The first-order chi connectivity index (χ1) is 6.36. The number of hydrogen-bond acceptors (Lipinski definition) is 5. The zero-order valence-electron chi connectivity index (χ0n) is 7.32. The Balaban J connectivity index is 2.35. The van der Waals surface area contributed by atoms with Crippen LogP contribution in [-0.4, -0.2) is 12.3 Å². The molecule has 0 fully saturated rings. The molecule has 0 radical (unpaired) electrons. The van der Waals surface area contributed by atoms with Gasteiger partial charge in [0.1, 0.15) is 18.1 Å². The van der Waals surface area contributed by atoms with Gasteiger partial charge in [-0.15, -0.1) is 0 Å². The average molecular weight is 199 g/mol. The van der Waals surface area contributed by atoms with Gasteiger partial charge in [-0.3, -0.25) is 0 Å². The summed E-state index contributed by atoms with van der Waals surface area (Å²) >= 11 is 1.74. The van der Waals surface area contributed by atoms with E-state index in [0.29, 0.717) is 13.1 Å². The molecule has 72 valence electrons. The van der Waals surface area contributed by atoms with Gasteiger partial charge in [0.15, 0.2) is 0 Å². The van der Waals surface area contributed by atoms with Crippen molar-refractivity contribution in [3.8, 4) is 0 Å². The van der Waals surface area contributed by atoms with Crippen molar-refractivity contribution in [1.29, 1.82) is 5.53 Å². The van der Waals surface area contributed by atoms with Crippen LogP contribution < -0.4 is 5.73 Å². The molecule has 4 nitrogen and oxygen atoms in total. The summed E-state index contributed by atoms with van der Waals surface area (Å²) in [5.74, 6) is 3.46. The molecule has 0 aliphatic heterocycles. The molecule has 1 aromatic rings. The molecule has 5 heteroatoms. The highest BCUT2D eigenvalue weighted by Crippen LogP contribution is 2.15. The first kappa shape index (κ1) is 10.3. The van der Waals surface area contributed by atoms with Crippen LogP contribution in [-0.2, 0) is 12.3 Å². The maximum Gasteiger partial charge on any atom is 0.127 e. The number of rotatable bonds is 6. The van der Waals surface area contributed by atoms with Crippen LogP contribution in [0.1, 0.15) is 11.5 Å². The van der Waals surface area contributed by atoms with Gasteiger partial charge in [0, 0.05) is 12.3 Å². The number of hydrogen-bond donors (Lipinski definition) is 2. The molecule has 3 N–H and O–H groups in total. The van der Waals surface area contributed by atoms with Crippen LogP contribution in [0.15, 0.2) is 21.7 Å². The van der Waals surface area contributed by atoms with Crippen LogP contribution >= 0.6 is 11.8 Å². The molecular formula is C8H13N3OS. The molecule has 0 bridgehead atoms. The monoisotopic (exact) mass is 199 g/mol. The minimum atomic E-state index is 0.335. The van der Waals surface area contributed by atoms with Crippen LogP contribution in [0.3, 0.4) is 0 Å². The van der Waals surface area contributed by atoms with Crippen molar-refractivity contribution in [1.82, 2.24) is 0 Å². The summed E-state index contributed by atoms with van der Waals surface area (Å²) < 4.78 is 5.40. The minimum absolute atomic E-state index is 0.335. The van der Waals surface area contributed by atoms with E-state index >= 15 is 0 Å². The molecule has 1 rings (SSSR count). The highest BCUT2D eigenvalue weighted by molar-refractivity contribution is 7.98. The summed E-state index contributed by atoms with van der Waals surface area (Å²) in [6, 6.07) is 3.78. The molecule has 13 heavy (non-hydrogen) atoms. The molecule has 1 aromatic heterocycles. The van der Waals surface area contributed by atoms with Crippen molar-refractivity contribution in [3.63, 3.8) is 0 Å². The summed E-state index contributed by atoms with van der Waals surface area (Å²) in [5, 5.41) is 3.25. The van der Waals surface area contributed by atoms with E-state index in [1.54, 1.807) is 11.8 Å². The molecule has 0 amide bonds. The lowest BCUT2D eigenvalue weighted by molar-refractivity contribution is 0.478. The van der Waals surface area contributed by atoms with Gasteiger partial charge in [-0.1, -0.05) is 0 Å². The average Bonchev–Trinajstić information content (AvgIpc) is 2.54. The first-order valence-electron chi connectivity index (χ1n) is 4.05. The topological polar surface area (TPSA) is 75.4 Å². The highest BCUT2D eigenvalue weighted by Gasteiger charge is 2.00. The Bertz CT molecular complexity index is 262. The number of furan rings is 1. The van der Waals surface area contributed by atoms with Crippen molar-refractivity contribution >= 4 is 11.8 Å². The summed E-state index contributed by atoms with van der Waals surface area (Å²) in [6.45, 7) is 1.03. The second-order valence-electron chi connectivity index (χ2n) is 2.53. The van der Waals surface area contributed by atoms with Crippen molar-refractivity contribution in [2.45, 2.75) is 12.3 Å². The molecule has 0 saturated carbocycles. The lowest BCUT2D eigenvalue weighted by atomic mass is 10.4. The van der Waals surface area contributed by atoms with Gasteiger partial charge in [-0.2, -0.15) is 16.9 Å². The third-order valence-electron chi connectivity index (χ3n) is 1.46. The number of nitrogens with one attached hydrogen (secondary N) is 1. The predicted octanol–water partition coefficient (Wildman–Crippen LogP) is 2.00. The fourth-order valence-electron chi connectivity index (χ4n) is 0.919. The van der Waals surface area contributed by atoms with Crippen LogP contribution in [0.2, 0.25) is 0 Å². The van der Waals surface area contributed by atoms with E-state index in [4.69, 9.17) is 15.7 Å². The van der Waals surface area contributed by atoms with Crippen LogP contribution in [0.25, 0.3) is 0 Å². The largest absolute Gasteiger partial charge is 0.463 e. The zero-order valence-corrected chi connectivity index (χ0v) is 8.14. The SMILES string of the molecule is N=NCc1ccc(CSCCN)o1. The summed E-state index contributed by atoms with van der Waals surface area (Å²) in [4.78, 5) is 0. The summed E-state index contributed by atoms with van der Waals surface area (Å²) in [6.07, 6.45) is 0. The van der Waals surface area contributed by atoms with Gasteiger partial charge in [0.05, 0.1) is 5.75 Å². The molecule has 0 spiro atoms. The third-order valence-corrected chi connectivity index (χ3v) is 2.47. The van der Waals surface area contributed by atoms with Crippen LogP contribution in [0, 0.1) is 5.53 Å². The second-order valence-corrected chi connectivity index (χ2v) is 3.63. The second kappa shape index (κ2) is 5.77. The summed E-state index contributed by atoms with van der Waals surface area (Å²) in [5.41, 5.74) is 12.0. The van der Waals surface area contributed by atoms with Crippen LogP contribution in [0.5, 0.6) is 0 Å². The molecule has 0 aromatic carbocycles. The number of nitrogens with two attached hydrogens (primary N) is 1. The van der Waals surface area contributed by atoms with E-state index in [-0.39, 0.29) is 0 Å². The Morgan fingerprint density at radius 2 is 2.23 bits per heavy atom. The standard InChI is InChI=1S/C8H13N3OS/c9-3-4-13-6-8-2-1-7(12-8)5-11-10/h1-2,10H,3-6,9H2. The van der Waals surface area contributed by atoms with Crippen molar-refractivity contribution in [3.05, 3.63) is 23.7 Å². The maximum absolute atomic E-state index is 6.66. The van der Waals surface area contributed by atoms with Gasteiger partial charge >= 0.3 is 0 Å². The number of nitrogens with zero attached hydrogens (tertiary/aromatic N) is 1. The molecule has 1 heterocycles. The van der Waals surface area contributed by atoms with Crippen molar-refractivity contribution < 1.29 is 4.42 Å². The van der Waals surface area contributed by atoms with Crippen molar-refractivity contribution in [2.24, 2.45) is 10.8 Å². The van der Waals surface area contributed by atoms with E-state index in [0.717, 1.165) is 23.0 Å². The fraction of sp³-hybridized carbons (Fsp3) is 0.500. The quantitative estimate of drug-likeness (QED) is 0.543. The Hall–Kier alpha value is -0.810. The van der Waals surface area contributed by atoms with Gasteiger partial charge < -0.3 is 10.2 Å². The fourth-order valence-corrected chi connectivity index (χ4v) is 1.59. The Kier molecular flexibility index (Phi) is 4.56. The Morgan fingerprint density at radius 3 is 2.92 bits per heavy atom.